The monoisotopic (exact) mass is 258 g/mol. The van der Waals surface area contributed by atoms with Crippen LogP contribution in [0.5, 0.6) is 0 Å². The van der Waals surface area contributed by atoms with Gasteiger partial charge < -0.3 is 10.6 Å². The molecular weight excluding hydrogens is 244 g/mol. The quantitative estimate of drug-likeness (QED) is 0.906. The Labute approximate surface area is 104 Å². The van der Waals surface area contributed by atoms with Gasteiger partial charge in [0.2, 0.25) is 5.91 Å². The third-order valence-corrected chi connectivity index (χ3v) is 4.66. The summed E-state index contributed by atoms with van der Waals surface area (Å²) >= 11 is 7.28. The smallest absolute Gasteiger partial charge is 0.234 e. The fraction of sp³-hybridized carbons (Fsp3) is 0.545. The molecule has 0 aliphatic heterocycles. The summed E-state index contributed by atoms with van der Waals surface area (Å²) in [5, 5.41) is 0.884. The summed E-state index contributed by atoms with van der Waals surface area (Å²) in [5.41, 5.74) is 5.41. The van der Waals surface area contributed by atoms with Crippen molar-refractivity contribution >= 4 is 33.8 Å². The highest BCUT2D eigenvalue weighted by Gasteiger charge is 2.44. The average molecular weight is 259 g/mol. The number of nitrogens with two attached hydrogens (primary N) is 1. The molecule has 16 heavy (non-hydrogen) atoms. The Morgan fingerprint density at radius 1 is 1.62 bits per heavy atom. The number of hydrogen-bond donors (Lipinski definition) is 1. The van der Waals surface area contributed by atoms with Crippen molar-refractivity contribution < 1.29 is 4.79 Å². The van der Waals surface area contributed by atoms with E-state index < -0.39 is 0 Å². The van der Waals surface area contributed by atoms with Crippen LogP contribution in [0.1, 0.15) is 19.3 Å². The lowest BCUT2D eigenvalue weighted by atomic mass is 9.68. The van der Waals surface area contributed by atoms with Crippen LogP contribution in [0.3, 0.4) is 0 Å². The molecule has 1 aromatic rings. The van der Waals surface area contributed by atoms with Gasteiger partial charge in [0.15, 0.2) is 0 Å². The maximum absolute atomic E-state index is 12.3. The number of rotatable bonds is 3. The van der Waals surface area contributed by atoms with Gasteiger partial charge in [-0.05, 0) is 25.0 Å². The molecule has 0 saturated heterocycles. The van der Waals surface area contributed by atoms with Crippen molar-refractivity contribution in [1.29, 1.82) is 0 Å². The van der Waals surface area contributed by atoms with Crippen LogP contribution >= 0.6 is 22.9 Å². The zero-order chi connectivity index (χ0) is 11.8. The van der Waals surface area contributed by atoms with E-state index in [0.29, 0.717) is 10.9 Å². The first kappa shape index (κ1) is 11.9. The van der Waals surface area contributed by atoms with Crippen molar-refractivity contribution in [3.63, 3.8) is 0 Å². The number of anilines is 1. The first-order chi connectivity index (χ1) is 7.59. The van der Waals surface area contributed by atoms with E-state index in [2.05, 4.69) is 0 Å². The minimum atomic E-state index is -0.314. The summed E-state index contributed by atoms with van der Waals surface area (Å²) < 4.78 is 0.699. The van der Waals surface area contributed by atoms with Crippen molar-refractivity contribution in [2.45, 2.75) is 19.3 Å². The van der Waals surface area contributed by atoms with Crippen LogP contribution in [0.15, 0.2) is 12.1 Å². The van der Waals surface area contributed by atoms with Gasteiger partial charge in [-0.3, -0.25) is 4.79 Å². The number of nitrogens with zero attached hydrogens (tertiary/aromatic N) is 1. The van der Waals surface area contributed by atoms with E-state index in [0.717, 1.165) is 24.3 Å². The fourth-order valence-corrected chi connectivity index (χ4v) is 3.04. The van der Waals surface area contributed by atoms with Gasteiger partial charge in [0.25, 0.3) is 0 Å². The molecule has 0 bridgehead atoms. The standard InChI is InChI=1S/C11H15ClN2OS/c1-14(9-4-3-8(12)16-9)10(15)11(7-13)5-2-6-11/h3-4H,2,5-7,13H2,1H3. The summed E-state index contributed by atoms with van der Waals surface area (Å²) in [7, 11) is 1.79. The molecule has 2 N–H and O–H groups in total. The zero-order valence-electron chi connectivity index (χ0n) is 9.20. The van der Waals surface area contributed by atoms with Gasteiger partial charge in [-0.2, -0.15) is 0 Å². The van der Waals surface area contributed by atoms with Crippen molar-refractivity contribution in [3.8, 4) is 0 Å². The van der Waals surface area contributed by atoms with Crippen molar-refractivity contribution in [2.24, 2.45) is 11.1 Å². The topological polar surface area (TPSA) is 46.3 Å². The van der Waals surface area contributed by atoms with E-state index in [9.17, 15) is 4.79 Å². The average Bonchev–Trinajstić information content (AvgIpc) is 2.63. The molecule has 5 heteroatoms. The molecule has 1 aliphatic rings. The van der Waals surface area contributed by atoms with Gasteiger partial charge in [-0.25, -0.2) is 0 Å². The maximum Gasteiger partial charge on any atom is 0.234 e. The van der Waals surface area contributed by atoms with Gasteiger partial charge in [0, 0.05) is 13.6 Å². The van der Waals surface area contributed by atoms with E-state index in [-0.39, 0.29) is 11.3 Å². The molecule has 1 aromatic heterocycles. The summed E-state index contributed by atoms with van der Waals surface area (Å²) in [5.74, 6) is 0.125. The van der Waals surface area contributed by atoms with E-state index in [1.807, 2.05) is 6.07 Å². The molecule has 0 radical (unpaired) electrons. The molecule has 0 unspecified atom stereocenters. The molecule has 1 heterocycles. The van der Waals surface area contributed by atoms with Crippen LogP contribution < -0.4 is 10.6 Å². The van der Waals surface area contributed by atoms with Gasteiger partial charge >= 0.3 is 0 Å². The third kappa shape index (κ3) is 1.85. The van der Waals surface area contributed by atoms with Crippen LogP contribution in [-0.2, 0) is 4.79 Å². The zero-order valence-corrected chi connectivity index (χ0v) is 10.8. The number of thiophene rings is 1. The van der Waals surface area contributed by atoms with Crippen molar-refractivity contribution in [3.05, 3.63) is 16.5 Å². The van der Waals surface area contributed by atoms with Crippen LogP contribution in [0.4, 0.5) is 5.00 Å². The fourth-order valence-electron chi connectivity index (χ4n) is 2.05. The normalized spacial score (nSPS) is 17.9. The first-order valence-electron chi connectivity index (χ1n) is 5.33. The Hall–Kier alpha value is -0.580. The molecule has 0 atom stereocenters. The molecule has 2 rings (SSSR count). The minimum Gasteiger partial charge on any atom is -0.329 e. The van der Waals surface area contributed by atoms with E-state index in [1.54, 1.807) is 18.0 Å². The first-order valence-corrected chi connectivity index (χ1v) is 6.52. The lowest BCUT2D eigenvalue weighted by Gasteiger charge is -2.41. The summed E-state index contributed by atoms with van der Waals surface area (Å²) in [4.78, 5) is 14.0. The second-order valence-electron chi connectivity index (χ2n) is 4.28. The van der Waals surface area contributed by atoms with Gasteiger partial charge in [-0.15, -0.1) is 11.3 Å². The molecule has 3 nitrogen and oxygen atoms in total. The van der Waals surface area contributed by atoms with Gasteiger partial charge in [0.05, 0.1) is 14.8 Å². The highest BCUT2D eigenvalue weighted by atomic mass is 35.5. The highest BCUT2D eigenvalue weighted by molar-refractivity contribution is 7.20. The number of halogens is 1. The van der Waals surface area contributed by atoms with Crippen molar-refractivity contribution in [2.75, 3.05) is 18.5 Å². The summed E-state index contributed by atoms with van der Waals surface area (Å²) in [6, 6.07) is 3.68. The van der Waals surface area contributed by atoms with Crippen LogP contribution in [-0.4, -0.2) is 19.5 Å². The molecular formula is C11H15ClN2OS. The number of amides is 1. The molecule has 1 saturated carbocycles. The molecule has 1 aliphatic carbocycles. The number of hydrogen-bond acceptors (Lipinski definition) is 3. The highest BCUT2D eigenvalue weighted by Crippen LogP contribution is 2.43. The maximum atomic E-state index is 12.3. The second-order valence-corrected chi connectivity index (χ2v) is 5.97. The SMILES string of the molecule is CN(C(=O)C1(CN)CCC1)c1ccc(Cl)s1. The Bertz CT molecular complexity index is 395. The predicted octanol–water partition coefficient (Wildman–Crippen LogP) is 2.49. The largest absolute Gasteiger partial charge is 0.329 e. The van der Waals surface area contributed by atoms with Crippen molar-refractivity contribution in [1.82, 2.24) is 0 Å². The molecule has 0 spiro atoms. The summed E-state index contributed by atoms with van der Waals surface area (Å²) in [6.07, 6.45) is 2.92. The Morgan fingerprint density at radius 2 is 2.31 bits per heavy atom. The molecule has 0 aromatic carbocycles. The van der Waals surface area contributed by atoms with E-state index in [1.165, 1.54) is 11.3 Å². The molecule has 1 amide bonds. The number of carbonyl (C=O) groups is 1. The Morgan fingerprint density at radius 3 is 2.69 bits per heavy atom. The predicted molar refractivity (Wildman–Crippen MR) is 68.1 cm³/mol. The van der Waals surface area contributed by atoms with Gasteiger partial charge in [0.1, 0.15) is 0 Å². The molecule has 1 fully saturated rings. The van der Waals surface area contributed by atoms with Gasteiger partial charge in [-0.1, -0.05) is 18.0 Å². The van der Waals surface area contributed by atoms with Crippen LogP contribution in [0, 0.1) is 5.41 Å². The Kier molecular flexibility index (Phi) is 3.24. The van der Waals surface area contributed by atoms with E-state index in [4.69, 9.17) is 17.3 Å². The number of carbonyl (C=O) groups excluding carboxylic acids is 1. The summed E-state index contributed by atoms with van der Waals surface area (Å²) in [6.45, 7) is 0.440. The Balaban J connectivity index is 2.15. The minimum absolute atomic E-state index is 0.125. The van der Waals surface area contributed by atoms with Crippen LogP contribution in [0.25, 0.3) is 0 Å². The molecule has 88 valence electrons. The lowest BCUT2D eigenvalue weighted by Crippen LogP contribution is -2.50. The van der Waals surface area contributed by atoms with E-state index >= 15 is 0 Å². The third-order valence-electron chi connectivity index (χ3n) is 3.35. The second kappa shape index (κ2) is 4.35. The van der Waals surface area contributed by atoms with Crippen LogP contribution in [0.2, 0.25) is 4.34 Å². The lowest BCUT2D eigenvalue weighted by molar-refractivity contribution is -0.131.